The molecule has 0 radical (unpaired) electrons. The first kappa shape index (κ1) is 22.8. The highest BCUT2D eigenvalue weighted by Gasteiger charge is 2.42. The number of morpholine rings is 1. The number of anilines is 2. The van der Waals surface area contributed by atoms with Crippen molar-refractivity contribution in [1.82, 2.24) is 15.3 Å². The van der Waals surface area contributed by atoms with Gasteiger partial charge >= 0.3 is 6.03 Å². The molecule has 0 aromatic heterocycles. The van der Waals surface area contributed by atoms with Crippen LogP contribution in [-0.2, 0) is 4.74 Å². The molecule has 1 atom stereocenters. The van der Waals surface area contributed by atoms with Crippen LogP contribution in [0.25, 0.3) is 5.70 Å². The number of piperazine rings is 1. The maximum Gasteiger partial charge on any atom is 0.333 e. The lowest BCUT2D eigenvalue weighted by Crippen LogP contribution is -2.49. The lowest BCUT2D eigenvalue weighted by atomic mass is 10.0. The standard InChI is InChI=1S/C26H29N7O3/c1-31-9-11-32(12-10-31)18-7-5-17(6-8-18)23-22-24(29-28-23)19-3-2-4-20(21(19)25(22)34)27-26(35)30-33-13-15-36-16-14-33/h2-8,24H,9-16H2,1H3,(H2,27,30,35). The van der Waals surface area contributed by atoms with E-state index in [4.69, 9.17) is 4.74 Å². The highest BCUT2D eigenvalue weighted by atomic mass is 16.5. The zero-order valence-electron chi connectivity index (χ0n) is 20.2. The molecule has 1 unspecified atom stereocenters. The van der Waals surface area contributed by atoms with Crippen LogP contribution in [0.2, 0.25) is 0 Å². The molecule has 2 aromatic carbocycles. The Hall–Kier alpha value is -3.60. The molecule has 3 aliphatic heterocycles. The van der Waals surface area contributed by atoms with Crippen molar-refractivity contribution in [3.8, 4) is 0 Å². The van der Waals surface area contributed by atoms with E-state index in [1.807, 2.05) is 24.3 Å². The van der Waals surface area contributed by atoms with Crippen LogP contribution in [-0.4, -0.2) is 81.3 Å². The number of carbonyl (C=O) groups is 2. The summed E-state index contributed by atoms with van der Waals surface area (Å²) < 4.78 is 5.32. The third-order valence-electron chi connectivity index (χ3n) is 7.19. The van der Waals surface area contributed by atoms with Gasteiger partial charge in [0.25, 0.3) is 0 Å². The van der Waals surface area contributed by atoms with E-state index in [9.17, 15) is 9.59 Å². The predicted molar refractivity (Wildman–Crippen MR) is 136 cm³/mol. The number of ether oxygens (including phenoxy) is 1. The molecule has 0 bridgehead atoms. The first-order valence-electron chi connectivity index (χ1n) is 12.4. The number of amides is 2. The van der Waals surface area contributed by atoms with Crippen molar-refractivity contribution in [2.24, 2.45) is 10.2 Å². The molecule has 10 heteroatoms. The molecule has 2 aromatic rings. The molecule has 4 aliphatic rings. The third-order valence-corrected chi connectivity index (χ3v) is 7.19. The van der Waals surface area contributed by atoms with Crippen LogP contribution in [0.5, 0.6) is 0 Å². The molecule has 2 N–H and O–H groups in total. The molecule has 186 valence electrons. The number of likely N-dealkylation sites (N-methyl/N-ethyl adjacent to an activating group) is 1. The molecule has 2 fully saturated rings. The van der Waals surface area contributed by atoms with Crippen molar-refractivity contribution in [1.29, 1.82) is 0 Å². The number of nitrogens with one attached hydrogen (secondary N) is 2. The number of benzene rings is 2. The topological polar surface area (TPSA) is 102 Å². The maximum atomic E-state index is 13.6. The number of ketones is 1. The number of urea groups is 1. The van der Waals surface area contributed by atoms with Gasteiger partial charge < -0.3 is 19.9 Å². The number of Topliss-reactive ketones (excluding diaryl/α,β-unsaturated/α-hetero) is 1. The van der Waals surface area contributed by atoms with Crippen molar-refractivity contribution >= 4 is 28.9 Å². The van der Waals surface area contributed by atoms with Crippen LogP contribution in [0.3, 0.4) is 0 Å². The van der Waals surface area contributed by atoms with Crippen LogP contribution in [0.15, 0.2) is 58.3 Å². The number of rotatable bonds is 4. The Balaban J connectivity index is 1.23. The van der Waals surface area contributed by atoms with Crippen LogP contribution >= 0.6 is 0 Å². The van der Waals surface area contributed by atoms with Gasteiger partial charge in [0.1, 0.15) is 11.7 Å². The molecule has 36 heavy (non-hydrogen) atoms. The Labute approximate surface area is 209 Å². The van der Waals surface area contributed by atoms with E-state index < -0.39 is 6.04 Å². The zero-order chi connectivity index (χ0) is 24.6. The molecular weight excluding hydrogens is 458 g/mol. The molecule has 6 rings (SSSR count). The van der Waals surface area contributed by atoms with Crippen molar-refractivity contribution in [3.05, 3.63) is 64.7 Å². The summed E-state index contributed by atoms with van der Waals surface area (Å²) in [5.74, 6) is -0.139. The van der Waals surface area contributed by atoms with Gasteiger partial charge in [-0.05, 0) is 30.8 Å². The number of nitrogens with zero attached hydrogens (tertiary/aromatic N) is 5. The van der Waals surface area contributed by atoms with Crippen LogP contribution in [0.1, 0.15) is 27.5 Å². The predicted octanol–water partition coefficient (Wildman–Crippen LogP) is 2.92. The van der Waals surface area contributed by atoms with E-state index in [2.05, 4.69) is 50.0 Å². The van der Waals surface area contributed by atoms with Gasteiger partial charge in [-0.25, -0.2) is 9.80 Å². The van der Waals surface area contributed by atoms with Crippen molar-refractivity contribution in [2.75, 3.05) is 69.7 Å². The second kappa shape index (κ2) is 9.45. The molecule has 0 saturated carbocycles. The third kappa shape index (κ3) is 4.17. The quantitative estimate of drug-likeness (QED) is 0.688. The van der Waals surface area contributed by atoms with Crippen LogP contribution < -0.4 is 15.6 Å². The SMILES string of the molecule is CN1CCN(c2ccc(C3=C4C(=O)c5c(NC(=O)NN6CCOCC6)cccc5C4N=N3)cc2)CC1. The summed E-state index contributed by atoms with van der Waals surface area (Å²) in [5.41, 5.74) is 7.77. The average molecular weight is 488 g/mol. The second-order valence-electron chi connectivity index (χ2n) is 9.48. The minimum atomic E-state index is -0.441. The summed E-state index contributed by atoms with van der Waals surface area (Å²) in [7, 11) is 2.14. The summed E-state index contributed by atoms with van der Waals surface area (Å²) >= 11 is 0. The fourth-order valence-corrected chi connectivity index (χ4v) is 5.17. The number of hydrogen-bond acceptors (Lipinski definition) is 8. The van der Waals surface area contributed by atoms with Crippen molar-refractivity contribution < 1.29 is 14.3 Å². The summed E-state index contributed by atoms with van der Waals surface area (Å²) in [6.07, 6.45) is 0. The molecular formula is C26H29N7O3. The molecule has 3 heterocycles. The normalized spacial score (nSPS) is 22.1. The van der Waals surface area contributed by atoms with Gasteiger partial charge in [-0.3, -0.25) is 10.2 Å². The van der Waals surface area contributed by atoms with E-state index >= 15 is 0 Å². The summed E-state index contributed by atoms with van der Waals surface area (Å²) in [5, 5.41) is 13.5. The van der Waals surface area contributed by atoms with E-state index in [1.54, 1.807) is 11.1 Å². The number of fused-ring (bicyclic) bond motifs is 3. The van der Waals surface area contributed by atoms with Crippen molar-refractivity contribution in [3.63, 3.8) is 0 Å². The largest absolute Gasteiger partial charge is 0.379 e. The lowest BCUT2D eigenvalue weighted by molar-refractivity contribution is 0.0207. The first-order valence-corrected chi connectivity index (χ1v) is 12.4. The Kier molecular flexibility index (Phi) is 6.00. The molecule has 0 spiro atoms. The lowest BCUT2D eigenvalue weighted by Gasteiger charge is -2.34. The highest BCUT2D eigenvalue weighted by Crippen LogP contribution is 2.49. The summed E-state index contributed by atoms with van der Waals surface area (Å²) in [6.45, 7) is 6.44. The van der Waals surface area contributed by atoms with Crippen LogP contribution in [0, 0.1) is 0 Å². The molecule has 10 nitrogen and oxygen atoms in total. The monoisotopic (exact) mass is 487 g/mol. The maximum absolute atomic E-state index is 13.6. The van der Waals surface area contributed by atoms with E-state index in [1.165, 1.54) is 5.69 Å². The van der Waals surface area contributed by atoms with Crippen molar-refractivity contribution in [2.45, 2.75) is 6.04 Å². The number of azo groups is 1. The van der Waals surface area contributed by atoms with Gasteiger partial charge in [-0.1, -0.05) is 24.3 Å². The van der Waals surface area contributed by atoms with Crippen LogP contribution in [0.4, 0.5) is 16.2 Å². The highest BCUT2D eigenvalue weighted by molar-refractivity contribution is 6.22. The number of hydrogen-bond donors (Lipinski definition) is 2. The fourth-order valence-electron chi connectivity index (χ4n) is 5.17. The second-order valence-corrected chi connectivity index (χ2v) is 9.48. The summed E-state index contributed by atoms with van der Waals surface area (Å²) in [4.78, 5) is 30.9. The van der Waals surface area contributed by atoms with Gasteiger partial charge in [0, 0.05) is 50.5 Å². The number of carbonyl (C=O) groups excluding carboxylic acids is 2. The molecule has 1 aliphatic carbocycles. The Morgan fingerprint density at radius 1 is 1.00 bits per heavy atom. The molecule has 2 amide bonds. The average Bonchev–Trinajstić information content (AvgIpc) is 3.45. The summed E-state index contributed by atoms with van der Waals surface area (Å²) in [6, 6.07) is 12.9. The van der Waals surface area contributed by atoms with Gasteiger partial charge in [-0.15, -0.1) is 0 Å². The smallest absolute Gasteiger partial charge is 0.333 e. The zero-order valence-corrected chi connectivity index (χ0v) is 20.2. The van der Waals surface area contributed by atoms with Gasteiger partial charge in [-0.2, -0.15) is 10.2 Å². The van der Waals surface area contributed by atoms with E-state index in [-0.39, 0.29) is 11.8 Å². The van der Waals surface area contributed by atoms with E-state index in [0.717, 1.165) is 37.3 Å². The van der Waals surface area contributed by atoms with E-state index in [0.29, 0.717) is 48.8 Å². The van der Waals surface area contributed by atoms with Gasteiger partial charge in [0.2, 0.25) is 0 Å². The first-order chi connectivity index (χ1) is 17.6. The molecule has 2 saturated heterocycles. The van der Waals surface area contributed by atoms with Gasteiger partial charge in [0.15, 0.2) is 5.78 Å². The Morgan fingerprint density at radius 2 is 1.75 bits per heavy atom. The minimum absolute atomic E-state index is 0.139. The fraction of sp³-hybridized carbons (Fsp3) is 0.385. The van der Waals surface area contributed by atoms with Gasteiger partial charge in [0.05, 0.1) is 30.0 Å². The Morgan fingerprint density at radius 3 is 2.50 bits per heavy atom. The Bertz CT molecular complexity index is 1240. The minimum Gasteiger partial charge on any atom is -0.379 e. The number of hydrazine groups is 1.